The van der Waals surface area contributed by atoms with Gasteiger partial charge in [0.15, 0.2) is 0 Å². The standard InChI is InChI=1S/C36H66O16/c1-40-18-14-34(23-44-5,15-19-41-2)27-50-33(39)30(22-32(38)51-52-36(29-48-9,16-20-42-3)17-21-43-4)12-10-11-13-31(37)49-28-35(24-45-6,25-46-7)26-47-8/h10-11,30H,12-29H2,1-9H3/b11-10+. The predicted molar refractivity (Wildman–Crippen MR) is 189 cm³/mol. The fourth-order valence-corrected chi connectivity index (χ4v) is 5.49. The van der Waals surface area contributed by atoms with Crippen molar-refractivity contribution in [2.45, 2.75) is 50.5 Å². The maximum Gasteiger partial charge on any atom is 0.343 e. The van der Waals surface area contributed by atoms with E-state index in [1.807, 2.05) is 0 Å². The van der Waals surface area contributed by atoms with E-state index in [-0.39, 0.29) is 58.9 Å². The van der Waals surface area contributed by atoms with Gasteiger partial charge in [-0.25, -0.2) is 4.79 Å². The Labute approximate surface area is 310 Å². The van der Waals surface area contributed by atoms with Gasteiger partial charge in [-0.1, -0.05) is 12.2 Å². The molecular formula is C36H66O16. The van der Waals surface area contributed by atoms with Gasteiger partial charge in [0, 0.05) is 109 Å². The number of allylic oxidation sites excluding steroid dienone is 1. The minimum atomic E-state index is -1.04. The molecule has 0 bridgehead atoms. The van der Waals surface area contributed by atoms with Crippen molar-refractivity contribution < 1.29 is 76.3 Å². The van der Waals surface area contributed by atoms with Crippen LogP contribution in [0, 0.1) is 16.7 Å². The predicted octanol–water partition coefficient (Wildman–Crippen LogP) is 2.98. The first-order valence-electron chi connectivity index (χ1n) is 17.3. The summed E-state index contributed by atoms with van der Waals surface area (Å²) in [4.78, 5) is 50.4. The Morgan fingerprint density at radius 3 is 1.44 bits per heavy atom. The molecule has 1 unspecified atom stereocenters. The molecule has 0 aromatic heterocycles. The Bertz CT molecular complexity index is 926. The monoisotopic (exact) mass is 754 g/mol. The third kappa shape index (κ3) is 20.8. The van der Waals surface area contributed by atoms with Crippen LogP contribution in [0.4, 0.5) is 0 Å². The molecule has 16 nitrogen and oxygen atoms in total. The van der Waals surface area contributed by atoms with Gasteiger partial charge in [-0.2, -0.15) is 4.89 Å². The van der Waals surface area contributed by atoms with E-state index in [4.69, 9.17) is 61.9 Å². The van der Waals surface area contributed by atoms with Crippen LogP contribution in [0.15, 0.2) is 12.2 Å². The van der Waals surface area contributed by atoms with Gasteiger partial charge in [0.1, 0.15) is 12.2 Å². The summed E-state index contributed by atoms with van der Waals surface area (Å²) in [6, 6.07) is 0. The van der Waals surface area contributed by atoms with Crippen LogP contribution in [-0.4, -0.2) is 160 Å². The molecule has 52 heavy (non-hydrogen) atoms. The Hall–Kier alpha value is -2.25. The lowest BCUT2D eigenvalue weighted by Gasteiger charge is -2.33. The lowest BCUT2D eigenvalue weighted by atomic mass is 9.83. The number of hydrogen-bond donors (Lipinski definition) is 0. The molecule has 0 radical (unpaired) electrons. The molecule has 0 aliphatic heterocycles. The van der Waals surface area contributed by atoms with Gasteiger partial charge >= 0.3 is 17.9 Å². The van der Waals surface area contributed by atoms with Crippen LogP contribution in [-0.2, 0) is 76.3 Å². The van der Waals surface area contributed by atoms with Crippen molar-refractivity contribution in [1.82, 2.24) is 0 Å². The van der Waals surface area contributed by atoms with Crippen molar-refractivity contribution in [3.8, 4) is 0 Å². The minimum Gasteiger partial charge on any atom is -0.465 e. The minimum absolute atomic E-state index is 0.00163. The van der Waals surface area contributed by atoms with E-state index in [0.29, 0.717) is 58.7 Å². The summed E-state index contributed by atoms with van der Waals surface area (Å²) in [5.41, 5.74) is -2.30. The number of carbonyl (C=O) groups is 3. The number of ether oxygens (including phenoxy) is 11. The van der Waals surface area contributed by atoms with E-state index in [9.17, 15) is 14.4 Å². The van der Waals surface area contributed by atoms with Crippen LogP contribution >= 0.6 is 0 Å². The largest absolute Gasteiger partial charge is 0.465 e. The zero-order chi connectivity index (χ0) is 39.1. The molecule has 0 rings (SSSR count). The van der Waals surface area contributed by atoms with Gasteiger partial charge in [0.05, 0.1) is 63.8 Å². The third-order valence-corrected chi connectivity index (χ3v) is 8.40. The van der Waals surface area contributed by atoms with E-state index in [1.165, 1.54) is 7.11 Å². The molecule has 0 heterocycles. The van der Waals surface area contributed by atoms with Gasteiger partial charge in [-0.15, -0.1) is 0 Å². The van der Waals surface area contributed by atoms with Crippen molar-refractivity contribution >= 4 is 17.9 Å². The molecule has 306 valence electrons. The second-order valence-corrected chi connectivity index (χ2v) is 12.9. The normalized spacial score (nSPS) is 13.0. The first-order valence-corrected chi connectivity index (χ1v) is 17.3. The highest BCUT2D eigenvalue weighted by Gasteiger charge is 2.37. The summed E-state index contributed by atoms with van der Waals surface area (Å²) in [5, 5.41) is 0. The van der Waals surface area contributed by atoms with Crippen molar-refractivity contribution in [2.75, 3.05) is 137 Å². The van der Waals surface area contributed by atoms with E-state index in [0.717, 1.165) is 0 Å². The molecule has 0 saturated heterocycles. The molecule has 0 aromatic rings. The quantitative estimate of drug-likeness (QED) is 0.0400. The number of carbonyl (C=O) groups excluding carboxylic acids is 3. The van der Waals surface area contributed by atoms with Crippen molar-refractivity contribution in [1.29, 1.82) is 0 Å². The van der Waals surface area contributed by atoms with Crippen molar-refractivity contribution in [3.05, 3.63) is 12.2 Å². The third-order valence-electron chi connectivity index (χ3n) is 8.40. The van der Waals surface area contributed by atoms with Crippen LogP contribution in [0.25, 0.3) is 0 Å². The molecule has 0 aromatic carbocycles. The summed E-state index contributed by atoms with van der Waals surface area (Å²) in [7, 11) is 14.0. The van der Waals surface area contributed by atoms with E-state index < -0.39 is 40.3 Å². The Balaban J connectivity index is 5.95. The molecule has 0 fully saturated rings. The fourth-order valence-electron chi connectivity index (χ4n) is 5.49. The molecule has 0 spiro atoms. The van der Waals surface area contributed by atoms with Gasteiger partial charge in [-0.3, -0.25) is 14.5 Å². The first kappa shape index (κ1) is 49.8. The van der Waals surface area contributed by atoms with Gasteiger partial charge < -0.3 is 52.1 Å². The van der Waals surface area contributed by atoms with Crippen LogP contribution in [0.3, 0.4) is 0 Å². The topological polar surface area (TPSA) is 171 Å². The van der Waals surface area contributed by atoms with E-state index >= 15 is 0 Å². The molecule has 0 aliphatic carbocycles. The van der Waals surface area contributed by atoms with Gasteiger partial charge in [0.25, 0.3) is 0 Å². The molecule has 16 heteroatoms. The number of hydrogen-bond acceptors (Lipinski definition) is 16. The molecule has 0 aliphatic rings. The SMILES string of the molecule is COCCC(CCOC)(COC)COC(=O)C(C/C=C/CC(=O)OCC(COC)(COC)COC)CC(=O)OOC(CCOC)(CCOC)COC. The molecule has 0 amide bonds. The summed E-state index contributed by atoms with van der Waals surface area (Å²) in [6.07, 6.45) is 4.60. The van der Waals surface area contributed by atoms with Crippen LogP contribution < -0.4 is 0 Å². The van der Waals surface area contributed by atoms with Crippen molar-refractivity contribution in [2.24, 2.45) is 16.7 Å². The number of rotatable bonds is 35. The van der Waals surface area contributed by atoms with Crippen LogP contribution in [0.2, 0.25) is 0 Å². The molecular weight excluding hydrogens is 688 g/mol. The zero-order valence-corrected chi connectivity index (χ0v) is 33.0. The summed E-state index contributed by atoms with van der Waals surface area (Å²) in [5.74, 6) is -2.90. The number of esters is 2. The maximum atomic E-state index is 13.6. The average Bonchev–Trinajstić information content (AvgIpc) is 3.13. The molecule has 0 saturated carbocycles. The molecule has 1 atom stereocenters. The maximum absolute atomic E-state index is 13.6. The summed E-state index contributed by atoms with van der Waals surface area (Å²) < 4.78 is 59.2. The Kier molecular flexibility index (Phi) is 28.8. The Morgan fingerprint density at radius 2 is 0.962 bits per heavy atom. The second kappa shape index (κ2) is 30.1. The van der Waals surface area contributed by atoms with E-state index in [2.05, 4.69) is 0 Å². The molecule has 0 N–H and O–H groups in total. The van der Waals surface area contributed by atoms with Gasteiger partial charge in [0.2, 0.25) is 0 Å². The highest BCUT2D eigenvalue weighted by molar-refractivity contribution is 5.80. The second-order valence-electron chi connectivity index (χ2n) is 12.9. The average molecular weight is 755 g/mol. The van der Waals surface area contributed by atoms with E-state index in [1.54, 1.807) is 69.0 Å². The number of methoxy groups -OCH3 is 9. The summed E-state index contributed by atoms with van der Waals surface area (Å²) in [6.45, 7) is 2.64. The zero-order valence-electron chi connectivity index (χ0n) is 33.0. The fraction of sp³-hybridized carbons (Fsp3) is 0.861. The van der Waals surface area contributed by atoms with Crippen LogP contribution in [0.5, 0.6) is 0 Å². The Morgan fingerprint density at radius 1 is 0.500 bits per heavy atom. The van der Waals surface area contributed by atoms with Gasteiger partial charge in [-0.05, 0) is 19.3 Å². The lowest BCUT2D eigenvalue weighted by Crippen LogP contribution is -2.41. The first-order chi connectivity index (χ1) is 25.0. The smallest absolute Gasteiger partial charge is 0.343 e. The highest BCUT2D eigenvalue weighted by Crippen LogP contribution is 2.30. The van der Waals surface area contributed by atoms with Crippen LogP contribution in [0.1, 0.15) is 44.9 Å². The lowest BCUT2D eigenvalue weighted by molar-refractivity contribution is -0.346. The summed E-state index contributed by atoms with van der Waals surface area (Å²) >= 11 is 0. The highest BCUT2D eigenvalue weighted by atomic mass is 17.2. The van der Waals surface area contributed by atoms with Crippen molar-refractivity contribution in [3.63, 3.8) is 0 Å².